The van der Waals surface area contributed by atoms with Crippen LogP contribution in [-0.4, -0.2) is 3.21 Å². The molecule has 6 rings (SSSR count). The quantitative estimate of drug-likeness (QED) is 0.245. The van der Waals surface area contributed by atoms with Gasteiger partial charge in [-0.15, -0.1) is 0 Å². The number of benzene rings is 4. The third-order valence-corrected chi connectivity index (χ3v) is 18.0. The van der Waals surface area contributed by atoms with Crippen LogP contribution in [0.25, 0.3) is 11.1 Å². The second-order valence-electron chi connectivity index (χ2n) is 16.3. The van der Waals surface area contributed by atoms with Gasteiger partial charge in [0.1, 0.15) is 0 Å². The summed E-state index contributed by atoms with van der Waals surface area (Å²) in [5.74, 6) is 0. The van der Waals surface area contributed by atoms with Crippen molar-refractivity contribution in [1.82, 2.24) is 0 Å². The number of hydrogen-bond donors (Lipinski definition) is 0. The van der Waals surface area contributed by atoms with Crippen LogP contribution in [0.15, 0.2) is 118 Å². The predicted molar refractivity (Wildman–Crippen MR) is 192 cm³/mol. The summed E-state index contributed by atoms with van der Waals surface area (Å²) in [6, 6.07) is 37.6. The Balaban J connectivity index is 0.00000250. The molecule has 3 heteroatoms. The largest absolute Gasteiger partial charge is 1.00 e. The Labute approximate surface area is 304 Å². The topological polar surface area (TPSA) is 0 Å². The minimum absolute atomic E-state index is 0. The summed E-state index contributed by atoms with van der Waals surface area (Å²) in [6.07, 6.45) is 3.78. The van der Waals surface area contributed by atoms with Gasteiger partial charge in [0.2, 0.25) is 0 Å². The van der Waals surface area contributed by atoms with Crippen LogP contribution in [-0.2, 0) is 32.1 Å². The molecule has 244 valence electrons. The molecule has 2 aliphatic carbocycles. The fraction of sp³-hybridized carbons (Fsp3) is 0.341. The molecule has 0 spiro atoms. The maximum absolute atomic E-state index is 2.82. The number of halogens is 2. The van der Waals surface area contributed by atoms with Gasteiger partial charge < -0.3 is 24.8 Å². The average Bonchev–Trinajstić information content (AvgIpc) is 3.53. The molecule has 0 heterocycles. The van der Waals surface area contributed by atoms with Gasteiger partial charge in [0, 0.05) is 0 Å². The van der Waals surface area contributed by atoms with Crippen molar-refractivity contribution >= 4 is 3.21 Å². The van der Waals surface area contributed by atoms with Gasteiger partial charge in [-0.05, 0) is 0 Å². The fourth-order valence-electron chi connectivity index (χ4n) is 7.44. The standard InChI is InChI=1S/C21H25.C13H10.C10H15.2ClH.Zr/c1-20(2,3)16-7-9-18-14(12-16)11-15-13-17(21(4,5)6)8-10-19(15)18;1-3-7-12(8-4-1)11-13-9-5-2-6-10-13;1-8-6-5-7-9(8)10(2,3)4;;;/h7-13H,1-6H3;1-10H;7H,6H2,1-4H3;2*1H;/q;;;;;+2/p-2. The minimum atomic E-state index is -2.82. The molecule has 0 bridgehead atoms. The summed E-state index contributed by atoms with van der Waals surface area (Å²) < 4.78 is 3.75. The van der Waals surface area contributed by atoms with Gasteiger partial charge >= 0.3 is 282 Å². The Kier molecular flexibility index (Phi) is 11.1. The van der Waals surface area contributed by atoms with Crippen LogP contribution in [0.4, 0.5) is 0 Å². The zero-order chi connectivity index (χ0) is 32.3. The summed E-state index contributed by atoms with van der Waals surface area (Å²) in [7, 11) is 0. The molecule has 4 aromatic rings. The molecule has 0 saturated heterocycles. The van der Waals surface area contributed by atoms with Gasteiger partial charge in [0.15, 0.2) is 0 Å². The molecule has 0 aliphatic heterocycles. The summed E-state index contributed by atoms with van der Waals surface area (Å²) in [6.45, 7) is 23.7. The Morgan fingerprint density at radius 3 is 1.36 bits per heavy atom. The summed E-state index contributed by atoms with van der Waals surface area (Å²) in [5.41, 5.74) is 15.1. The van der Waals surface area contributed by atoms with E-state index >= 15 is 0 Å². The molecular weight excluding hydrogens is 691 g/mol. The van der Waals surface area contributed by atoms with Crippen molar-refractivity contribution < 1.29 is 46.1 Å². The molecule has 0 unspecified atom stereocenters. The van der Waals surface area contributed by atoms with Crippen LogP contribution >= 0.6 is 0 Å². The Bertz CT molecular complexity index is 1750. The molecule has 0 aromatic heterocycles. The maximum Gasteiger partial charge on any atom is -1.00 e. The van der Waals surface area contributed by atoms with Crippen LogP contribution < -0.4 is 24.8 Å². The van der Waals surface area contributed by atoms with Gasteiger partial charge in [0.05, 0.1) is 0 Å². The van der Waals surface area contributed by atoms with Crippen molar-refractivity contribution in [2.24, 2.45) is 5.41 Å². The van der Waals surface area contributed by atoms with Gasteiger partial charge in [-0.2, -0.15) is 0 Å². The average molecular weight is 741 g/mol. The molecule has 4 aromatic carbocycles. The SMILES string of the molecule is CC1=C(C(C)(C)C)C=[C]([Zr+2](=[C](c2ccccc2)c2ccccc2)[CH]2c3cc(C(C)(C)C)ccc3-c3ccc(C(C)(C)C)cc32)C1.[Cl-].[Cl-]. The monoisotopic (exact) mass is 738 g/mol. The minimum Gasteiger partial charge on any atom is -1.00 e. The molecule has 0 N–H and O–H groups in total. The van der Waals surface area contributed by atoms with Gasteiger partial charge in [-0.25, -0.2) is 0 Å². The van der Waals surface area contributed by atoms with E-state index in [2.05, 4.69) is 172 Å². The number of allylic oxidation sites excluding steroid dienone is 4. The molecule has 0 amide bonds. The normalized spacial score (nSPS) is 14.4. The van der Waals surface area contributed by atoms with Gasteiger partial charge in [-0.3, -0.25) is 0 Å². The smallest absolute Gasteiger partial charge is 1.00 e. The van der Waals surface area contributed by atoms with Crippen LogP contribution in [0, 0.1) is 5.41 Å². The number of hydrogen-bond acceptors (Lipinski definition) is 0. The van der Waals surface area contributed by atoms with E-state index in [0.29, 0.717) is 3.63 Å². The van der Waals surface area contributed by atoms with Crippen molar-refractivity contribution in [3.63, 3.8) is 0 Å². The molecule has 0 atom stereocenters. The zero-order valence-electron chi connectivity index (χ0n) is 29.9. The maximum atomic E-state index is 2.68. The Morgan fingerprint density at radius 2 is 1.00 bits per heavy atom. The second kappa shape index (κ2) is 13.9. The van der Waals surface area contributed by atoms with E-state index in [1.54, 1.807) is 28.8 Å². The van der Waals surface area contributed by atoms with Crippen molar-refractivity contribution in [2.75, 3.05) is 0 Å². The third-order valence-electron chi connectivity index (χ3n) is 9.82. The van der Waals surface area contributed by atoms with E-state index in [4.69, 9.17) is 0 Å². The van der Waals surface area contributed by atoms with E-state index in [-0.39, 0.29) is 41.1 Å². The third kappa shape index (κ3) is 7.34. The zero-order valence-corrected chi connectivity index (χ0v) is 33.8. The number of fused-ring (bicyclic) bond motifs is 3. The van der Waals surface area contributed by atoms with E-state index in [0.717, 1.165) is 6.42 Å². The van der Waals surface area contributed by atoms with Crippen molar-refractivity contribution in [3.05, 3.63) is 151 Å². The Hall–Kier alpha value is -2.31. The van der Waals surface area contributed by atoms with Crippen molar-refractivity contribution in [2.45, 2.75) is 90.1 Å². The van der Waals surface area contributed by atoms with Gasteiger partial charge in [-0.1, -0.05) is 0 Å². The summed E-state index contributed by atoms with van der Waals surface area (Å²) >= 11 is -2.82. The second-order valence-corrected chi connectivity index (χ2v) is 22.6. The predicted octanol–water partition coefficient (Wildman–Crippen LogP) is 5.90. The first-order valence-electron chi connectivity index (χ1n) is 16.7. The molecule has 47 heavy (non-hydrogen) atoms. The van der Waals surface area contributed by atoms with Crippen LogP contribution in [0.2, 0.25) is 0 Å². The molecule has 0 radical (unpaired) electrons. The van der Waals surface area contributed by atoms with Crippen molar-refractivity contribution in [3.8, 4) is 11.1 Å². The van der Waals surface area contributed by atoms with Gasteiger partial charge in [0.25, 0.3) is 0 Å². The summed E-state index contributed by atoms with van der Waals surface area (Å²) in [5, 5.41) is 0. The fourth-order valence-corrected chi connectivity index (χ4v) is 16.8. The summed E-state index contributed by atoms with van der Waals surface area (Å²) in [4.78, 5) is 0. The van der Waals surface area contributed by atoms with E-state index in [1.807, 2.05) is 0 Å². The molecule has 0 fully saturated rings. The van der Waals surface area contributed by atoms with Crippen molar-refractivity contribution in [1.29, 1.82) is 0 Å². The van der Waals surface area contributed by atoms with E-state index < -0.39 is 21.3 Å². The first-order valence-corrected chi connectivity index (χ1v) is 20.6. The first kappa shape index (κ1) is 37.5. The molecule has 2 aliphatic rings. The van der Waals surface area contributed by atoms with E-state index in [1.165, 1.54) is 33.4 Å². The molecule has 0 saturated carbocycles. The van der Waals surface area contributed by atoms with Crippen LogP contribution in [0.3, 0.4) is 0 Å². The Morgan fingerprint density at radius 1 is 0.574 bits per heavy atom. The van der Waals surface area contributed by atoms with Crippen LogP contribution in [0.5, 0.6) is 0 Å². The molecular formula is C44H50Cl2Zr. The number of rotatable bonds is 4. The first-order chi connectivity index (χ1) is 21.1. The molecule has 0 nitrogen and oxygen atoms in total. The van der Waals surface area contributed by atoms with Crippen LogP contribution in [0.1, 0.15) is 113 Å². The van der Waals surface area contributed by atoms with E-state index in [9.17, 15) is 0 Å².